The fourth-order valence-electron chi connectivity index (χ4n) is 2.76. The molecule has 118 valence electrons. The van der Waals surface area contributed by atoms with Crippen molar-refractivity contribution in [3.05, 3.63) is 18.0 Å². The van der Waals surface area contributed by atoms with Gasteiger partial charge in [-0.1, -0.05) is 0 Å². The highest BCUT2D eigenvalue weighted by molar-refractivity contribution is 5.42. The molecule has 21 heavy (non-hydrogen) atoms. The standard InChI is InChI=1S/C15H26N4O2/c1-20-14-4-6-17-13(15(14)21-2)12-19-8-3-7-18(9-5-16)10-11-19/h4,6H,3,5,7-12,16H2,1-2H3. The number of pyridine rings is 1. The van der Waals surface area contributed by atoms with E-state index < -0.39 is 0 Å². The van der Waals surface area contributed by atoms with Crippen LogP contribution in [-0.4, -0.2) is 68.3 Å². The fraction of sp³-hybridized carbons (Fsp3) is 0.667. The Morgan fingerprint density at radius 3 is 2.62 bits per heavy atom. The maximum absolute atomic E-state index is 5.64. The van der Waals surface area contributed by atoms with Crippen molar-refractivity contribution in [2.24, 2.45) is 5.73 Å². The molecule has 6 nitrogen and oxygen atoms in total. The van der Waals surface area contributed by atoms with Gasteiger partial charge in [0.25, 0.3) is 0 Å². The molecule has 0 unspecified atom stereocenters. The van der Waals surface area contributed by atoms with Gasteiger partial charge in [-0.15, -0.1) is 0 Å². The molecule has 1 aliphatic rings. The van der Waals surface area contributed by atoms with Crippen molar-refractivity contribution in [2.75, 3.05) is 53.5 Å². The molecule has 1 fully saturated rings. The summed E-state index contributed by atoms with van der Waals surface area (Å²) in [5.74, 6) is 1.48. The lowest BCUT2D eigenvalue weighted by Gasteiger charge is -2.22. The van der Waals surface area contributed by atoms with E-state index in [0.29, 0.717) is 0 Å². The zero-order valence-corrected chi connectivity index (χ0v) is 13.0. The Morgan fingerprint density at radius 1 is 1.14 bits per heavy atom. The van der Waals surface area contributed by atoms with Gasteiger partial charge in [-0.05, 0) is 19.5 Å². The zero-order valence-electron chi connectivity index (χ0n) is 13.0. The van der Waals surface area contributed by atoms with Crippen LogP contribution in [0.2, 0.25) is 0 Å². The summed E-state index contributed by atoms with van der Waals surface area (Å²) in [6.45, 7) is 6.78. The summed E-state index contributed by atoms with van der Waals surface area (Å²) < 4.78 is 10.8. The van der Waals surface area contributed by atoms with Gasteiger partial charge in [-0.2, -0.15) is 0 Å². The van der Waals surface area contributed by atoms with Gasteiger partial charge in [0.2, 0.25) is 0 Å². The van der Waals surface area contributed by atoms with Crippen molar-refractivity contribution < 1.29 is 9.47 Å². The topological polar surface area (TPSA) is 63.9 Å². The van der Waals surface area contributed by atoms with Gasteiger partial charge in [0.05, 0.1) is 14.2 Å². The third-order valence-corrected chi connectivity index (χ3v) is 3.87. The average molecular weight is 294 g/mol. The molecular weight excluding hydrogens is 268 g/mol. The fourth-order valence-corrected chi connectivity index (χ4v) is 2.76. The van der Waals surface area contributed by atoms with E-state index in [1.807, 2.05) is 6.07 Å². The molecule has 0 bridgehead atoms. The molecule has 0 amide bonds. The summed E-state index contributed by atoms with van der Waals surface area (Å²) in [6, 6.07) is 1.83. The first-order chi connectivity index (χ1) is 10.3. The maximum atomic E-state index is 5.64. The molecule has 2 heterocycles. The molecule has 0 radical (unpaired) electrons. The second-order valence-electron chi connectivity index (χ2n) is 5.25. The smallest absolute Gasteiger partial charge is 0.183 e. The van der Waals surface area contributed by atoms with Crippen LogP contribution in [0.4, 0.5) is 0 Å². The first kappa shape index (κ1) is 16.0. The summed E-state index contributed by atoms with van der Waals surface area (Å²) in [5.41, 5.74) is 6.58. The van der Waals surface area contributed by atoms with E-state index in [2.05, 4.69) is 14.8 Å². The molecular formula is C15H26N4O2. The quantitative estimate of drug-likeness (QED) is 0.827. The molecule has 6 heteroatoms. The molecule has 0 saturated carbocycles. The number of nitrogens with zero attached hydrogens (tertiary/aromatic N) is 3. The molecule has 2 rings (SSSR count). The van der Waals surface area contributed by atoms with Crippen LogP contribution in [0.25, 0.3) is 0 Å². The van der Waals surface area contributed by atoms with E-state index >= 15 is 0 Å². The Labute approximate surface area is 126 Å². The Balaban J connectivity index is 2.01. The largest absolute Gasteiger partial charge is 0.493 e. The number of ether oxygens (including phenoxy) is 2. The van der Waals surface area contributed by atoms with Crippen molar-refractivity contribution in [3.63, 3.8) is 0 Å². The van der Waals surface area contributed by atoms with Gasteiger partial charge in [0.1, 0.15) is 5.69 Å². The zero-order chi connectivity index (χ0) is 15.1. The highest BCUT2D eigenvalue weighted by atomic mass is 16.5. The monoisotopic (exact) mass is 294 g/mol. The highest BCUT2D eigenvalue weighted by Crippen LogP contribution is 2.29. The lowest BCUT2D eigenvalue weighted by atomic mass is 10.2. The Kier molecular flexibility index (Phi) is 6.22. The van der Waals surface area contributed by atoms with E-state index in [4.69, 9.17) is 15.2 Å². The van der Waals surface area contributed by atoms with Gasteiger partial charge in [0.15, 0.2) is 11.5 Å². The first-order valence-electron chi connectivity index (χ1n) is 7.49. The van der Waals surface area contributed by atoms with Crippen LogP contribution in [0.5, 0.6) is 11.5 Å². The van der Waals surface area contributed by atoms with Gasteiger partial charge in [-0.25, -0.2) is 0 Å². The minimum Gasteiger partial charge on any atom is -0.493 e. The molecule has 0 atom stereocenters. The number of nitrogens with two attached hydrogens (primary N) is 1. The summed E-state index contributed by atoms with van der Waals surface area (Å²) >= 11 is 0. The molecule has 1 aromatic rings. The summed E-state index contributed by atoms with van der Waals surface area (Å²) in [5, 5.41) is 0. The SMILES string of the molecule is COc1ccnc(CN2CCCN(CCN)CC2)c1OC. The van der Waals surface area contributed by atoms with E-state index in [9.17, 15) is 0 Å². The van der Waals surface area contributed by atoms with Crippen LogP contribution in [0.15, 0.2) is 12.3 Å². The minimum absolute atomic E-state index is 0.727. The Morgan fingerprint density at radius 2 is 1.90 bits per heavy atom. The molecule has 1 saturated heterocycles. The number of aromatic nitrogens is 1. The van der Waals surface area contributed by atoms with E-state index in [0.717, 1.165) is 69.4 Å². The lowest BCUT2D eigenvalue weighted by molar-refractivity contribution is 0.248. The summed E-state index contributed by atoms with van der Waals surface area (Å²) in [6.07, 6.45) is 2.93. The predicted octanol–water partition coefficient (Wildman–Crippen LogP) is 0.565. The van der Waals surface area contributed by atoms with Gasteiger partial charge in [-0.3, -0.25) is 9.88 Å². The van der Waals surface area contributed by atoms with Crippen molar-refractivity contribution >= 4 is 0 Å². The third kappa shape index (κ3) is 4.30. The molecule has 0 spiro atoms. The lowest BCUT2D eigenvalue weighted by Crippen LogP contribution is -2.33. The Hall–Kier alpha value is -1.37. The molecule has 1 aliphatic heterocycles. The van der Waals surface area contributed by atoms with Gasteiger partial charge < -0.3 is 20.1 Å². The number of hydrogen-bond donors (Lipinski definition) is 1. The van der Waals surface area contributed by atoms with Crippen molar-refractivity contribution in [3.8, 4) is 11.5 Å². The average Bonchev–Trinajstić information content (AvgIpc) is 2.73. The van der Waals surface area contributed by atoms with Crippen LogP contribution < -0.4 is 15.2 Å². The number of rotatable bonds is 6. The predicted molar refractivity (Wildman–Crippen MR) is 82.7 cm³/mol. The van der Waals surface area contributed by atoms with Crippen molar-refractivity contribution in [1.29, 1.82) is 0 Å². The number of methoxy groups -OCH3 is 2. The molecule has 2 N–H and O–H groups in total. The number of hydrogen-bond acceptors (Lipinski definition) is 6. The van der Waals surface area contributed by atoms with E-state index in [1.54, 1.807) is 20.4 Å². The first-order valence-corrected chi connectivity index (χ1v) is 7.49. The Bertz CT molecular complexity index is 442. The second-order valence-corrected chi connectivity index (χ2v) is 5.25. The summed E-state index contributed by atoms with van der Waals surface area (Å²) in [4.78, 5) is 9.30. The van der Waals surface area contributed by atoms with Crippen LogP contribution in [-0.2, 0) is 6.54 Å². The molecule has 0 aliphatic carbocycles. The van der Waals surface area contributed by atoms with E-state index in [-0.39, 0.29) is 0 Å². The van der Waals surface area contributed by atoms with Crippen LogP contribution >= 0.6 is 0 Å². The van der Waals surface area contributed by atoms with Crippen LogP contribution in [0, 0.1) is 0 Å². The van der Waals surface area contributed by atoms with Gasteiger partial charge in [0, 0.05) is 45.0 Å². The molecule has 1 aromatic heterocycles. The van der Waals surface area contributed by atoms with Crippen molar-refractivity contribution in [1.82, 2.24) is 14.8 Å². The second kappa shape index (κ2) is 8.17. The normalized spacial score (nSPS) is 17.5. The van der Waals surface area contributed by atoms with Crippen LogP contribution in [0.3, 0.4) is 0 Å². The highest BCUT2D eigenvalue weighted by Gasteiger charge is 2.18. The van der Waals surface area contributed by atoms with Crippen LogP contribution in [0.1, 0.15) is 12.1 Å². The minimum atomic E-state index is 0.727. The van der Waals surface area contributed by atoms with Crippen molar-refractivity contribution in [2.45, 2.75) is 13.0 Å². The third-order valence-electron chi connectivity index (χ3n) is 3.87. The van der Waals surface area contributed by atoms with Gasteiger partial charge >= 0.3 is 0 Å². The molecule has 0 aromatic carbocycles. The summed E-state index contributed by atoms with van der Waals surface area (Å²) in [7, 11) is 3.31. The van der Waals surface area contributed by atoms with E-state index in [1.165, 1.54) is 0 Å². The maximum Gasteiger partial charge on any atom is 0.183 e.